The molecule has 0 aliphatic carbocycles. The van der Waals surface area contributed by atoms with Crippen molar-refractivity contribution in [3.8, 4) is 5.75 Å². The molecule has 0 amide bonds. The van der Waals surface area contributed by atoms with E-state index in [1.54, 1.807) is 19.2 Å². The summed E-state index contributed by atoms with van der Waals surface area (Å²) in [7, 11) is 8.25. The standard InChI is InChI=1S/C7H8ClNOS/c1-10-6-2-5(9)3-7(4-6)11-8/h2-4H,9H2,1H3. The van der Waals surface area contributed by atoms with E-state index in [2.05, 4.69) is 0 Å². The van der Waals surface area contributed by atoms with E-state index in [1.807, 2.05) is 6.07 Å². The summed E-state index contributed by atoms with van der Waals surface area (Å²) in [6, 6.07) is 5.37. The van der Waals surface area contributed by atoms with E-state index in [0.29, 0.717) is 5.69 Å². The average molecular weight is 190 g/mol. The number of methoxy groups -OCH3 is 1. The van der Waals surface area contributed by atoms with Gasteiger partial charge in [0, 0.05) is 16.6 Å². The van der Waals surface area contributed by atoms with Crippen molar-refractivity contribution in [2.45, 2.75) is 4.90 Å². The molecule has 1 aromatic rings. The van der Waals surface area contributed by atoms with E-state index in [4.69, 9.17) is 21.2 Å². The lowest BCUT2D eigenvalue weighted by molar-refractivity contribution is 0.414. The molecule has 4 heteroatoms. The van der Waals surface area contributed by atoms with Crippen LogP contribution in [0, 0.1) is 0 Å². The fourth-order valence-corrected chi connectivity index (χ4v) is 1.36. The first-order chi connectivity index (χ1) is 5.26. The number of rotatable bonds is 2. The summed E-state index contributed by atoms with van der Waals surface area (Å²) < 4.78 is 4.99. The SMILES string of the molecule is COc1cc(N)cc(SCl)c1. The molecule has 2 N–H and O–H groups in total. The minimum Gasteiger partial charge on any atom is -0.497 e. The molecule has 2 nitrogen and oxygen atoms in total. The lowest BCUT2D eigenvalue weighted by Crippen LogP contribution is -1.88. The highest BCUT2D eigenvalue weighted by Crippen LogP contribution is 2.28. The molecule has 1 aromatic carbocycles. The second-order valence-corrected chi connectivity index (χ2v) is 3.11. The van der Waals surface area contributed by atoms with Crippen LogP contribution in [0.2, 0.25) is 0 Å². The molecule has 0 fully saturated rings. The Bertz CT molecular complexity index is 232. The van der Waals surface area contributed by atoms with Crippen molar-refractivity contribution in [3.63, 3.8) is 0 Å². The fraction of sp³-hybridized carbons (Fsp3) is 0.143. The molecule has 0 heterocycles. The topological polar surface area (TPSA) is 35.2 Å². The highest BCUT2D eigenvalue weighted by Gasteiger charge is 1.97. The van der Waals surface area contributed by atoms with Crippen LogP contribution in [0.3, 0.4) is 0 Å². The normalized spacial score (nSPS) is 9.64. The minimum atomic E-state index is 0.660. The zero-order valence-corrected chi connectivity index (χ0v) is 7.58. The van der Waals surface area contributed by atoms with Crippen LogP contribution in [-0.4, -0.2) is 7.11 Å². The summed E-state index contributed by atoms with van der Waals surface area (Å²) in [5.74, 6) is 0.730. The molecule has 0 bridgehead atoms. The Morgan fingerprint density at radius 2 is 2.18 bits per heavy atom. The van der Waals surface area contributed by atoms with Gasteiger partial charge in [0.1, 0.15) is 5.75 Å². The van der Waals surface area contributed by atoms with Crippen molar-refractivity contribution in [2.75, 3.05) is 12.8 Å². The quantitative estimate of drug-likeness (QED) is 0.727. The van der Waals surface area contributed by atoms with Crippen LogP contribution < -0.4 is 10.5 Å². The zero-order valence-electron chi connectivity index (χ0n) is 6.00. The van der Waals surface area contributed by atoms with Gasteiger partial charge in [0.05, 0.1) is 7.11 Å². The van der Waals surface area contributed by atoms with Gasteiger partial charge < -0.3 is 10.5 Å². The van der Waals surface area contributed by atoms with Crippen LogP contribution in [0.15, 0.2) is 23.1 Å². The predicted molar refractivity (Wildman–Crippen MR) is 49.1 cm³/mol. The van der Waals surface area contributed by atoms with E-state index < -0.39 is 0 Å². The first kappa shape index (κ1) is 8.56. The summed E-state index contributed by atoms with van der Waals surface area (Å²) in [5.41, 5.74) is 6.22. The largest absolute Gasteiger partial charge is 0.497 e. The molecule has 1 rings (SSSR count). The summed E-state index contributed by atoms with van der Waals surface area (Å²) in [6.07, 6.45) is 0. The number of hydrogen-bond donors (Lipinski definition) is 1. The van der Waals surface area contributed by atoms with Gasteiger partial charge in [-0.25, -0.2) is 0 Å². The van der Waals surface area contributed by atoms with Crippen molar-refractivity contribution in [2.24, 2.45) is 0 Å². The Kier molecular flexibility index (Phi) is 2.91. The van der Waals surface area contributed by atoms with Crippen LogP contribution in [-0.2, 0) is 0 Å². The Morgan fingerprint density at radius 1 is 1.45 bits per heavy atom. The van der Waals surface area contributed by atoms with Crippen LogP contribution in [0.25, 0.3) is 0 Å². The highest BCUT2D eigenvalue weighted by atomic mass is 35.7. The van der Waals surface area contributed by atoms with Gasteiger partial charge in [0.25, 0.3) is 0 Å². The van der Waals surface area contributed by atoms with Gasteiger partial charge in [-0.15, -0.1) is 0 Å². The summed E-state index contributed by atoms with van der Waals surface area (Å²) >= 11 is 0. The molecule has 0 aliphatic rings. The molecular formula is C7H8ClNOS. The van der Waals surface area contributed by atoms with Crippen molar-refractivity contribution in [3.05, 3.63) is 18.2 Å². The number of benzene rings is 1. The maximum absolute atomic E-state index is 5.56. The molecule has 60 valence electrons. The van der Waals surface area contributed by atoms with E-state index in [0.717, 1.165) is 21.6 Å². The maximum atomic E-state index is 5.56. The molecule has 0 unspecified atom stereocenters. The maximum Gasteiger partial charge on any atom is 0.122 e. The van der Waals surface area contributed by atoms with Crippen LogP contribution >= 0.6 is 21.7 Å². The van der Waals surface area contributed by atoms with E-state index in [9.17, 15) is 0 Å². The Morgan fingerprint density at radius 3 is 2.73 bits per heavy atom. The molecule has 0 saturated heterocycles. The Hall–Kier alpha value is -0.540. The number of nitrogens with two attached hydrogens (primary N) is 1. The average Bonchev–Trinajstić information content (AvgIpc) is 2.03. The molecule has 0 saturated carbocycles. The molecule has 0 aliphatic heterocycles. The monoisotopic (exact) mass is 189 g/mol. The van der Waals surface area contributed by atoms with E-state index >= 15 is 0 Å². The summed E-state index contributed by atoms with van der Waals surface area (Å²) in [5, 5.41) is 0. The number of halogens is 1. The van der Waals surface area contributed by atoms with Crippen molar-refractivity contribution < 1.29 is 4.74 Å². The predicted octanol–water partition coefficient (Wildman–Crippen LogP) is 2.52. The van der Waals surface area contributed by atoms with Crippen molar-refractivity contribution >= 4 is 27.3 Å². The van der Waals surface area contributed by atoms with Crippen molar-refractivity contribution in [1.82, 2.24) is 0 Å². The molecule has 0 aromatic heterocycles. The van der Waals surface area contributed by atoms with E-state index in [-0.39, 0.29) is 0 Å². The van der Waals surface area contributed by atoms with E-state index in [1.165, 1.54) is 0 Å². The van der Waals surface area contributed by atoms with Crippen molar-refractivity contribution in [1.29, 1.82) is 0 Å². The first-order valence-electron chi connectivity index (χ1n) is 2.99. The Balaban J connectivity index is 3.02. The first-order valence-corrected chi connectivity index (χ1v) is 4.63. The van der Waals surface area contributed by atoms with Crippen LogP contribution in [0.5, 0.6) is 5.75 Å². The second-order valence-electron chi connectivity index (χ2n) is 2.02. The smallest absolute Gasteiger partial charge is 0.122 e. The van der Waals surface area contributed by atoms with Gasteiger partial charge in [0.15, 0.2) is 0 Å². The second kappa shape index (κ2) is 3.74. The van der Waals surface area contributed by atoms with Gasteiger partial charge in [0.2, 0.25) is 0 Å². The van der Waals surface area contributed by atoms with Gasteiger partial charge in [-0.1, -0.05) is 0 Å². The van der Waals surface area contributed by atoms with Gasteiger partial charge in [-0.05, 0) is 33.8 Å². The number of ether oxygens (including phenoxy) is 1. The molecular weight excluding hydrogens is 182 g/mol. The van der Waals surface area contributed by atoms with Gasteiger partial charge in [-0.2, -0.15) is 0 Å². The number of hydrogen-bond acceptors (Lipinski definition) is 3. The summed E-state index contributed by atoms with van der Waals surface area (Å²) in [4.78, 5) is 0.892. The third kappa shape index (κ3) is 2.20. The zero-order chi connectivity index (χ0) is 8.27. The molecule has 11 heavy (non-hydrogen) atoms. The molecule has 0 spiro atoms. The number of nitrogen functional groups attached to an aromatic ring is 1. The third-order valence-electron chi connectivity index (χ3n) is 1.23. The third-order valence-corrected chi connectivity index (χ3v) is 2.18. The lowest BCUT2D eigenvalue weighted by atomic mass is 10.3. The van der Waals surface area contributed by atoms with Crippen LogP contribution in [0.4, 0.5) is 5.69 Å². The highest BCUT2D eigenvalue weighted by molar-refractivity contribution is 8.21. The minimum absolute atomic E-state index is 0.660. The molecule has 0 radical (unpaired) electrons. The van der Waals surface area contributed by atoms with Gasteiger partial charge in [-0.3, -0.25) is 0 Å². The number of anilines is 1. The molecule has 0 atom stereocenters. The summed E-state index contributed by atoms with van der Waals surface area (Å²) in [6.45, 7) is 0. The lowest BCUT2D eigenvalue weighted by Gasteiger charge is -2.02. The van der Waals surface area contributed by atoms with Gasteiger partial charge >= 0.3 is 0 Å². The Labute approximate surface area is 74.2 Å². The fourth-order valence-electron chi connectivity index (χ4n) is 0.756. The van der Waals surface area contributed by atoms with Crippen LogP contribution in [0.1, 0.15) is 0 Å².